The number of nitro benzene ring substituents is 1. The number of amides is 1. The SMILES string of the molecule is COc1cc(N(CCC#N)CCC#N)ccc1C(N=Nc1ccc([N+](=O)[O-])cc1)=NNC(=O)c1cc(Br)ccc1O. The third-order valence-corrected chi connectivity index (χ3v) is 6.06. The predicted molar refractivity (Wildman–Crippen MR) is 153 cm³/mol. The second kappa shape index (κ2) is 14.7. The fraction of sp³-hybridized carbons (Fsp3) is 0.185. The highest BCUT2D eigenvalue weighted by Gasteiger charge is 2.17. The summed E-state index contributed by atoms with van der Waals surface area (Å²) in [5.74, 6) is -0.745. The number of ether oxygens (including phenoxy) is 1. The highest BCUT2D eigenvalue weighted by atomic mass is 79.9. The number of rotatable bonds is 11. The van der Waals surface area contributed by atoms with Crippen molar-refractivity contribution in [1.29, 1.82) is 10.5 Å². The molecule has 14 heteroatoms. The number of aromatic hydroxyl groups is 1. The maximum absolute atomic E-state index is 12.8. The number of hydrogen-bond donors (Lipinski definition) is 2. The smallest absolute Gasteiger partial charge is 0.275 e. The number of nitrogens with zero attached hydrogens (tertiary/aromatic N) is 7. The number of non-ortho nitro benzene ring substituents is 1. The van der Waals surface area contributed by atoms with E-state index in [9.17, 15) is 20.0 Å². The Kier molecular flexibility index (Phi) is 10.8. The number of nitro groups is 1. The second-order valence-corrected chi connectivity index (χ2v) is 9.11. The molecule has 0 atom stereocenters. The molecule has 208 valence electrons. The lowest BCUT2D eigenvalue weighted by Crippen LogP contribution is -2.25. The number of nitrogens with one attached hydrogen (secondary N) is 1. The maximum atomic E-state index is 12.8. The van der Waals surface area contributed by atoms with Gasteiger partial charge in [0.15, 0.2) is 0 Å². The van der Waals surface area contributed by atoms with Gasteiger partial charge >= 0.3 is 0 Å². The quantitative estimate of drug-likeness (QED) is 0.0914. The molecule has 0 heterocycles. The van der Waals surface area contributed by atoms with Crippen molar-refractivity contribution >= 4 is 44.7 Å². The van der Waals surface area contributed by atoms with E-state index < -0.39 is 10.8 Å². The standard InChI is InChI=1S/C27H23BrN8O5/c1-41-25-17-21(35(14-2-12-29)15-3-13-30)9-10-22(25)26(32-31-19-5-7-20(8-6-19)36(39)40)33-34-27(38)23-16-18(28)4-11-24(23)37/h4-11,16-17,37H,2-3,14-15H2,1H3,(H,34,38). The van der Waals surface area contributed by atoms with Crippen molar-refractivity contribution in [2.75, 3.05) is 25.1 Å². The van der Waals surface area contributed by atoms with E-state index in [0.29, 0.717) is 34.6 Å². The van der Waals surface area contributed by atoms with Gasteiger partial charge in [-0.2, -0.15) is 10.5 Å². The molecule has 0 saturated carbocycles. The summed E-state index contributed by atoms with van der Waals surface area (Å²) in [6, 6.07) is 18.9. The molecule has 0 saturated heterocycles. The summed E-state index contributed by atoms with van der Waals surface area (Å²) in [4.78, 5) is 25.1. The average Bonchev–Trinajstić information content (AvgIpc) is 2.98. The zero-order valence-corrected chi connectivity index (χ0v) is 23.3. The molecular weight excluding hydrogens is 596 g/mol. The number of azo groups is 1. The van der Waals surface area contributed by atoms with E-state index in [2.05, 4.69) is 48.8 Å². The Balaban J connectivity index is 2.02. The van der Waals surface area contributed by atoms with Crippen molar-refractivity contribution in [2.24, 2.45) is 15.3 Å². The van der Waals surface area contributed by atoms with E-state index in [1.165, 1.54) is 43.5 Å². The molecule has 3 rings (SSSR count). The van der Waals surface area contributed by atoms with E-state index in [0.717, 1.165) is 0 Å². The Morgan fingerprint density at radius 1 is 1.07 bits per heavy atom. The van der Waals surface area contributed by atoms with E-state index in [4.69, 9.17) is 15.3 Å². The zero-order valence-electron chi connectivity index (χ0n) is 21.7. The average molecular weight is 619 g/mol. The van der Waals surface area contributed by atoms with Crippen LogP contribution >= 0.6 is 15.9 Å². The van der Waals surface area contributed by atoms with Gasteiger partial charge in [0.25, 0.3) is 11.6 Å². The van der Waals surface area contributed by atoms with Gasteiger partial charge < -0.3 is 14.7 Å². The molecule has 0 aromatic heterocycles. The normalized spacial score (nSPS) is 11.0. The molecule has 3 aromatic carbocycles. The van der Waals surface area contributed by atoms with Crippen LogP contribution < -0.4 is 15.1 Å². The molecule has 1 amide bonds. The molecule has 0 bridgehead atoms. The Bertz CT molecular complexity index is 1540. The fourth-order valence-corrected chi connectivity index (χ4v) is 3.90. The van der Waals surface area contributed by atoms with Gasteiger partial charge in [0.1, 0.15) is 11.5 Å². The fourth-order valence-electron chi connectivity index (χ4n) is 3.54. The summed E-state index contributed by atoms with van der Waals surface area (Å²) in [6.45, 7) is 0.793. The van der Waals surface area contributed by atoms with Gasteiger partial charge in [-0.15, -0.1) is 15.3 Å². The summed E-state index contributed by atoms with van der Waals surface area (Å²) in [5.41, 5.74) is 3.51. The molecule has 3 aromatic rings. The summed E-state index contributed by atoms with van der Waals surface area (Å²) in [6.07, 6.45) is 0.500. The number of methoxy groups -OCH3 is 1. The Hall–Kier alpha value is -5.34. The summed E-state index contributed by atoms with van der Waals surface area (Å²) < 4.78 is 6.14. The van der Waals surface area contributed by atoms with Crippen LogP contribution in [-0.2, 0) is 0 Å². The number of phenols is 1. The van der Waals surface area contributed by atoms with Crippen LogP contribution in [0.2, 0.25) is 0 Å². The summed E-state index contributed by atoms with van der Waals surface area (Å²) >= 11 is 3.26. The molecule has 41 heavy (non-hydrogen) atoms. The van der Waals surface area contributed by atoms with Crippen LogP contribution in [-0.4, -0.2) is 42.0 Å². The number of amidine groups is 1. The number of hydrogen-bond acceptors (Lipinski definition) is 10. The molecule has 0 unspecified atom stereocenters. The van der Waals surface area contributed by atoms with E-state index in [1.807, 2.05) is 4.90 Å². The molecule has 0 spiro atoms. The highest BCUT2D eigenvalue weighted by molar-refractivity contribution is 9.10. The van der Waals surface area contributed by atoms with Crippen LogP contribution in [0, 0.1) is 32.8 Å². The van der Waals surface area contributed by atoms with E-state index in [1.54, 1.807) is 24.3 Å². The Morgan fingerprint density at radius 2 is 1.76 bits per heavy atom. The number of nitriles is 2. The van der Waals surface area contributed by atoms with Gasteiger partial charge in [0, 0.05) is 41.4 Å². The van der Waals surface area contributed by atoms with Crippen LogP contribution in [0.25, 0.3) is 0 Å². The third kappa shape index (κ3) is 8.32. The Morgan fingerprint density at radius 3 is 2.37 bits per heavy atom. The van der Waals surface area contributed by atoms with Crippen molar-refractivity contribution in [3.05, 3.63) is 86.4 Å². The third-order valence-electron chi connectivity index (χ3n) is 5.57. The van der Waals surface area contributed by atoms with E-state index in [-0.39, 0.29) is 41.4 Å². The molecule has 0 aliphatic heterocycles. The predicted octanol–water partition coefficient (Wildman–Crippen LogP) is 5.58. The van der Waals surface area contributed by atoms with Crippen LogP contribution in [0.15, 0.2) is 80.5 Å². The van der Waals surface area contributed by atoms with Crippen molar-refractivity contribution in [1.82, 2.24) is 5.43 Å². The minimum atomic E-state index is -0.721. The van der Waals surface area contributed by atoms with Crippen molar-refractivity contribution in [3.8, 4) is 23.6 Å². The first-order chi connectivity index (χ1) is 19.8. The number of phenolic OH excluding ortho intramolecular Hbond substituents is 1. The first-order valence-corrected chi connectivity index (χ1v) is 12.8. The van der Waals surface area contributed by atoms with Crippen LogP contribution in [0.1, 0.15) is 28.8 Å². The molecule has 2 N–H and O–H groups in total. The number of halogens is 1. The molecule has 0 fully saturated rings. The number of benzene rings is 3. The monoisotopic (exact) mass is 618 g/mol. The summed E-state index contributed by atoms with van der Waals surface area (Å²) in [7, 11) is 1.43. The first kappa shape index (κ1) is 30.2. The minimum absolute atomic E-state index is 0.0391. The van der Waals surface area contributed by atoms with Crippen LogP contribution in [0.3, 0.4) is 0 Å². The number of anilines is 1. The zero-order chi connectivity index (χ0) is 29.8. The van der Waals surface area contributed by atoms with Crippen molar-refractivity contribution in [3.63, 3.8) is 0 Å². The van der Waals surface area contributed by atoms with Gasteiger partial charge in [-0.3, -0.25) is 14.9 Å². The molecule has 0 aliphatic rings. The van der Waals surface area contributed by atoms with Crippen molar-refractivity contribution in [2.45, 2.75) is 12.8 Å². The van der Waals surface area contributed by atoms with Gasteiger partial charge in [0.2, 0.25) is 5.84 Å². The van der Waals surface area contributed by atoms with Gasteiger partial charge in [-0.05, 0) is 42.5 Å². The number of carbonyl (C=O) groups is 1. The molecule has 13 nitrogen and oxygen atoms in total. The van der Waals surface area contributed by atoms with E-state index >= 15 is 0 Å². The van der Waals surface area contributed by atoms with Gasteiger partial charge in [0.05, 0.1) is 53.8 Å². The topological polar surface area (TPSA) is 190 Å². The lowest BCUT2D eigenvalue weighted by molar-refractivity contribution is -0.384. The Labute approximate surface area is 243 Å². The summed E-state index contributed by atoms with van der Waals surface area (Å²) in [5, 5.41) is 51.5. The van der Waals surface area contributed by atoms with Crippen molar-refractivity contribution < 1.29 is 19.6 Å². The molecule has 0 aliphatic carbocycles. The van der Waals surface area contributed by atoms with Crippen LogP contribution in [0.4, 0.5) is 17.1 Å². The van der Waals surface area contributed by atoms with Gasteiger partial charge in [-0.25, -0.2) is 5.43 Å². The maximum Gasteiger partial charge on any atom is 0.275 e. The molecule has 0 radical (unpaired) electrons. The largest absolute Gasteiger partial charge is 0.507 e. The minimum Gasteiger partial charge on any atom is -0.507 e. The number of hydrazone groups is 1. The second-order valence-electron chi connectivity index (χ2n) is 8.20. The molecular formula is C27H23BrN8O5. The lowest BCUT2D eigenvalue weighted by atomic mass is 10.1. The van der Waals surface area contributed by atoms with Crippen LogP contribution in [0.5, 0.6) is 11.5 Å². The van der Waals surface area contributed by atoms with Gasteiger partial charge in [-0.1, -0.05) is 15.9 Å². The number of carbonyl (C=O) groups excluding carboxylic acids is 1. The highest BCUT2D eigenvalue weighted by Crippen LogP contribution is 2.28. The lowest BCUT2D eigenvalue weighted by Gasteiger charge is -2.23. The first-order valence-electron chi connectivity index (χ1n) is 12.0.